The minimum atomic E-state index is -4.08. The molecule has 0 N–H and O–H groups in total. The van der Waals surface area contributed by atoms with Gasteiger partial charge in [-0.15, -0.1) is 0 Å². The first-order valence-electron chi connectivity index (χ1n) is 5.70. The average molecular weight is 226 g/mol. The molecule has 0 aliphatic carbocycles. The Morgan fingerprint density at radius 3 is 2.07 bits per heavy atom. The van der Waals surface area contributed by atoms with Crippen molar-refractivity contribution >= 4 is 0 Å². The first kappa shape index (κ1) is 14.8. The number of alkyl halides is 3. The van der Waals surface area contributed by atoms with Gasteiger partial charge in [-0.2, -0.15) is 13.2 Å². The van der Waals surface area contributed by atoms with Crippen molar-refractivity contribution in [1.29, 1.82) is 0 Å². The van der Waals surface area contributed by atoms with Gasteiger partial charge >= 0.3 is 6.18 Å². The first-order chi connectivity index (χ1) is 7.06. The Labute approximate surface area is 90.0 Å². The molecule has 0 aromatic heterocycles. The molecule has 0 heterocycles. The van der Waals surface area contributed by atoms with Crippen LogP contribution in [0.5, 0.6) is 0 Å². The zero-order valence-corrected chi connectivity index (χ0v) is 9.41. The van der Waals surface area contributed by atoms with Crippen molar-refractivity contribution < 1.29 is 17.9 Å². The summed E-state index contributed by atoms with van der Waals surface area (Å²) in [7, 11) is 0. The van der Waals surface area contributed by atoms with Gasteiger partial charge in [-0.05, 0) is 6.42 Å². The molecule has 0 unspecified atom stereocenters. The van der Waals surface area contributed by atoms with E-state index in [-0.39, 0.29) is 6.61 Å². The average Bonchev–Trinajstić information content (AvgIpc) is 2.14. The zero-order valence-electron chi connectivity index (χ0n) is 9.41. The fourth-order valence-electron chi connectivity index (χ4n) is 1.27. The predicted molar refractivity (Wildman–Crippen MR) is 54.9 cm³/mol. The lowest BCUT2D eigenvalue weighted by molar-refractivity contribution is -0.145. The second-order valence-corrected chi connectivity index (χ2v) is 3.75. The van der Waals surface area contributed by atoms with Crippen LogP contribution in [0, 0.1) is 0 Å². The van der Waals surface area contributed by atoms with Crippen molar-refractivity contribution in [3.8, 4) is 0 Å². The Kier molecular flexibility index (Phi) is 8.86. The number of unbranched alkanes of at least 4 members (excludes halogenated alkanes) is 5. The maximum absolute atomic E-state index is 11.7. The highest BCUT2D eigenvalue weighted by atomic mass is 19.4. The molecule has 0 saturated carbocycles. The number of hydrogen-bond donors (Lipinski definition) is 0. The van der Waals surface area contributed by atoms with Gasteiger partial charge in [0.25, 0.3) is 0 Å². The highest BCUT2D eigenvalue weighted by Gasteiger charge is 2.26. The Hall–Kier alpha value is -0.250. The molecule has 1 nitrogen and oxygen atoms in total. The van der Waals surface area contributed by atoms with Gasteiger partial charge in [0.2, 0.25) is 0 Å². The molecule has 0 aliphatic rings. The minimum Gasteiger partial charge on any atom is -0.381 e. The largest absolute Gasteiger partial charge is 0.391 e. The summed E-state index contributed by atoms with van der Waals surface area (Å²) in [5, 5.41) is 0. The molecule has 0 spiro atoms. The third-order valence-corrected chi connectivity index (χ3v) is 2.17. The molecule has 0 saturated heterocycles. The summed E-state index contributed by atoms with van der Waals surface area (Å²) in [6.45, 7) is 2.42. The first-order valence-corrected chi connectivity index (χ1v) is 5.70. The van der Waals surface area contributed by atoms with Crippen LogP contribution in [0.4, 0.5) is 13.2 Å². The standard InChI is InChI=1S/C11H21F3O/c1-2-3-4-5-6-7-9-15-10-8-11(12,13)14/h2-10H2,1H3. The summed E-state index contributed by atoms with van der Waals surface area (Å²) in [5.41, 5.74) is 0. The van der Waals surface area contributed by atoms with Crippen LogP contribution in [0.25, 0.3) is 0 Å². The van der Waals surface area contributed by atoms with Gasteiger partial charge in [0.1, 0.15) is 0 Å². The van der Waals surface area contributed by atoms with Gasteiger partial charge in [-0.3, -0.25) is 0 Å². The van der Waals surface area contributed by atoms with Gasteiger partial charge in [0.05, 0.1) is 13.0 Å². The topological polar surface area (TPSA) is 9.23 Å². The van der Waals surface area contributed by atoms with E-state index in [2.05, 4.69) is 6.92 Å². The van der Waals surface area contributed by atoms with Gasteiger partial charge in [-0.1, -0.05) is 39.0 Å². The van der Waals surface area contributed by atoms with Crippen LogP contribution in [-0.4, -0.2) is 19.4 Å². The number of rotatable bonds is 9. The van der Waals surface area contributed by atoms with Crippen molar-refractivity contribution in [2.75, 3.05) is 13.2 Å². The van der Waals surface area contributed by atoms with Crippen molar-refractivity contribution in [3.05, 3.63) is 0 Å². The second kappa shape index (κ2) is 9.01. The molecule has 0 aliphatic heterocycles. The lowest BCUT2D eigenvalue weighted by atomic mass is 10.1. The molecule has 0 aromatic carbocycles. The quantitative estimate of drug-likeness (QED) is 0.532. The van der Waals surface area contributed by atoms with Gasteiger partial charge < -0.3 is 4.74 Å². The normalized spacial score (nSPS) is 12.0. The molecule has 0 radical (unpaired) electrons. The molecule has 0 rings (SSSR count). The van der Waals surface area contributed by atoms with E-state index in [9.17, 15) is 13.2 Å². The molecule has 4 heteroatoms. The van der Waals surface area contributed by atoms with Crippen LogP contribution in [0.3, 0.4) is 0 Å². The Bertz CT molecular complexity index is 134. The van der Waals surface area contributed by atoms with Crippen LogP contribution in [0.2, 0.25) is 0 Å². The molecular weight excluding hydrogens is 205 g/mol. The molecule has 0 atom stereocenters. The van der Waals surface area contributed by atoms with E-state index in [1.807, 2.05) is 0 Å². The van der Waals surface area contributed by atoms with Gasteiger partial charge in [0, 0.05) is 6.61 Å². The fourth-order valence-corrected chi connectivity index (χ4v) is 1.27. The SMILES string of the molecule is CCCCCCCCOCCC(F)(F)F. The summed E-state index contributed by atoms with van der Waals surface area (Å²) in [6.07, 6.45) is 1.87. The Morgan fingerprint density at radius 2 is 1.47 bits per heavy atom. The van der Waals surface area contributed by atoms with Crippen LogP contribution in [0.15, 0.2) is 0 Å². The summed E-state index contributed by atoms with van der Waals surface area (Å²) in [5.74, 6) is 0. The summed E-state index contributed by atoms with van der Waals surface area (Å²) in [4.78, 5) is 0. The smallest absolute Gasteiger partial charge is 0.381 e. The van der Waals surface area contributed by atoms with Crippen LogP contribution < -0.4 is 0 Å². The molecule has 0 bridgehead atoms. The maximum Gasteiger partial charge on any atom is 0.391 e. The highest BCUT2D eigenvalue weighted by molar-refractivity contribution is 4.48. The monoisotopic (exact) mass is 226 g/mol. The van der Waals surface area contributed by atoms with E-state index in [0.717, 1.165) is 19.3 Å². The van der Waals surface area contributed by atoms with Crippen LogP contribution >= 0.6 is 0 Å². The molecule has 0 fully saturated rings. The van der Waals surface area contributed by atoms with Crippen molar-refractivity contribution in [3.63, 3.8) is 0 Å². The molecule has 15 heavy (non-hydrogen) atoms. The lowest BCUT2D eigenvalue weighted by Gasteiger charge is -2.06. The summed E-state index contributed by atoms with van der Waals surface area (Å²) in [6, 6.07) is 0. The third kappa shape index (κ3) is 13.8. The lowest BCUT2D eigenvalue weighted by Crippen LogP contribution is -2.11. The third-order valence-electron chi connectivity index (χ3n) is 2.17. The van der Waals surface area contributed by atoms with Crippen LogP contribution in [0.1, 0.15) is 51.9 Å². The van der Waals surface area contributed by atoms with Gasteiger partial charge in [-0.25, -0.2) is 0 Å². The number of halogens is 3. The maximum atomic E-state index is 11.7. The van der Waals surface area contributed by atoms with E-state index in [0.29, 0.717) is 6.61 Å². The minimum absolute atomic E-state index is 0.196. The fraction of sp³-hybridized carbons (Fsp3) is 1.00. The highest BCUT2D eigenvalue weighted by Crippen LogP contribution is 2.19. The predicted octanol–water partition coefficient (Wildman–Crippen LogP) is 4.32. The van der Waals surface area contributed by atoms with Crippen LogP contribution in [-0.2, 0) is 4.74 Å². The van der Waals surface area contributed by atoms with E-state index in [1.165, 1.54) is 19.3 Å². The van der Waals surface area contributed by atoms with E-state index < -0.39 is 12.6 Å². The molecular formula is C11H21F3O. The van der Waals surface area contributed by atoms with Crippen molar-refractivity contribution in [2.45, 2.75) is 58.0 Å². The number of hydrogen-bond acceptors (Lipinski definition) is 1. The second-order valence-electron chi connectivity index (χ2n) is 3.75. The Morgan fingerprint density at radius 1 is 0.867 bits per heavy atom. The van der Waals surface area contributed by atoms with Crippen molar-refractivity contribution in [2.24, 2.45) is 0 Å². The zero-order chi connectivity index (χ0) is 11.6. The molecule has 0 amide bonds. The Balaban J connectivity index is 2.99. The summed E-state index contributed by atoms with van der Waals surface area (Å²) < 4.78 is 40.0. The summed E-state index contributed by atoms with van der Waals surface area (Å²) >= 11 is 0. The molecule has 92 valence electrons. The van der Waals surface area contributed by atoms with Gasteiger partial charge in [0.15, 0.2) is 0 Å². The van der Waals surface area contributed by atoms with E-state index in [1.54, 1.807) is 0 Å². The molecule has 0 aromatic rings. The van der Waals surface area contributed by atoms with E-state index in [4.69, 9.17) is 4.74 Å². The van der Waals surface area contributed by atoms with Crippen molar-refractivity contribution in [1.82, 2.24) is 0 Å². The number of ether oxygens (including phenoxy) is 1. The van der Waals surface area contributed by atoms with E-state index >= 15 is 0 Å².